The van der Waals surface area contributed by atoms with Crippen LogP contribution in [0.1, 0.15) is 51.0 Å². The summed E-state index contributed by atoms with van der Waals surface area (Å²) in [7, 11) is 0. The average molecular weight is 360 g/mol. The minimum absolute atomic E-state index is 0.292. The second-order valence-electron chi connectivity index (χ2n) is 7.19. The minimum atomic E-state index is 0.292. The number of aromatic nitrogens is 1. The fraction of sp³-hybridized carbons (Fsp3) is 0.320. The Morgan fingerprint density at radius 2 is 1.26 bits per heavy atom. The van der Waals surface area contributed by atoms with Crippen LogP contribution >= 0.6 is 0 Å². The first-order valence-electron chi connectivity index (χ1n) is 10.1. The molecule has 1 N–H and O–H groups in total. The molecule has 0 amide bonds. The zero-order chi connectivity index (χ0) is 18.9. The molecule has 1 heterocycles. The van der Waals surface area contributed by atoms with E-state index in [0.29, 0.717) is 5.75 Å². The van der Waals surface area contributed by atoms with Gasteiger partial charge in [-0.25, -0.2) is 0 Å². The average Bonchev–Trinajstić information content (AvgIpc) is 2.72. The number of phenols is 1. The second-order valence-corrected chi connectivity index (χ2v) is 7.19. The predicted molar refractivity (Wildman–Crippen MR) is 114 cm³/mol. The molecule has 2 aromatic carbocycles. The Morgan fingerprint density at radius 3 is 1.89 bits per heavy atom. The van der Waals surface area contributed by atoms with Crippen molar-refractivity contribution in [2.45, 2.75) is 51.9 Å². The molecule has 0 aliphatic heterocycles. The van der Waals surface area contributed by atoms with E-state index >= 15 is 0 Å². The highest BCUT2D eigenvalue weighted by Crippen LogP contribution is 2.25. The van der Waals surface area contributed by atoms with Gasteiger partial charge in [-0.15, -0.1) is 0 Å². The summed E-state index contributed by atoms with van der Waals surface area (Å²) in [4.78, 5) is 4.66. The Hall–Kier alpha value is -2.61. The molecule has 0 fully saturated rings. The third-order valence-electron chi connectivity index (χ3n) is 5.03. The molecule has 140 valence electrons. The molecule has 2 heteroatoms. The van der Waals surface area contributed by atoms with E-state index in [1.165, 1.54) is 44.1 Å². The monoisotopic (exact) mass is 359 g/mol. The van der Waals surface area contributed by atoms with Gasteiger partial charge in [-0.1, -0.05) is 81.5 Å². The maximum absolute atomic E-state index is 9.41. The Morgan fingerprint density at radius 1 is 0.667 bits per heavy atom. The number of hydrogen-bond donors (Lipinski definition) is 1. The van der Waals surface area contributed by atoms with Crippen molar-refractivity contribution in [3.8, 4) is 28.1 Å². The van der Waals surface area contributed by atoms with Gasteiger partial charge in [0.05, 0.1) is 5.69 Å². The molecule has 0 unspecified atom stereocenters. The smallest absolute Gasteiger partial charge is 0.115 e. The molecule has 0 radical (unpaired) electrons. The predicted octanol–water partition coefficient (Wildman–Crippen LogP) is 7.02. The topological polar surface area (TPSA) is 33.1 Å². The first-order chi connectivity index (χ1) is 13.3. The number of unbranched alkanes of at least 4 members (excludes halogenated alkanes) is 5. The highest BCUT2D eigenvalue weighted by molar-refractivity contribution is 5.69. The quantitative estimate of drug-likeness (QED) is 0.416. The van der Waals surface area contributed by atoms with Crippen LogP contribution in [0.3, 0.4) is 0 Å². The fourth-order valence-corrected chi connectivity index (χ4v) is 3.34. The molecule has 3 aromatic rings. The summed E-state index contributed by atoms with van der Waals surface area (Å²) in [5.41, 5.74) is 5.71. The van der Waals surface area contributed by atoms with Gasteiger partial charge in [-0.3, -0.25) is 4.98 Å². The van der Waals surface area contributed by atoms with Gasteiger partial charge < -0.3 is 5.11 Å². The van der Waals surface area contributed by atoms with Crippen LogP contribution < -0.4 is 0 Å². The first kappa shape index (κ1) is 19.2. The molecule has 1 aromatic heterocycles. The number of nitrogens with zero attached hydrogens (tertiary/aromatic N) is 1. The Labute approximate surface area is 162 Å². The van der Waals surface area contributed by atoms with Crippen LogP contribution in [0.4, 0.5) is 0 Å². The molecular formula is C25H29NO. The van der Waals surface area contributed by atoms with Crippen LogP contribution in [0.25, 0.3) is 22.4 Å². The Kier molecular flexibility index (Phi) is 7.04. The van der Waals surface area contributed by atoms with Crippen LogP contribution in [0, 0.1) is 0 Å². The summed E-state index contributed by atoms with van der Waals surface area (Å²) in [6.45, 7) is 2.26. The van der Waals surface area contributed by atoms with E-state index in [1.54, 1.807) is 12.1 Å². The Bertz CT molecular complexity index is 804. The molecule has 0 bridgehead atoms. The number of hydrogen-bond acceptors (Lipinski definition) is 2. The lowest BCUT2D eigenvalue weighted by Gasteiger charge is -2.06. The van der Waals surface area contributed by atoms with E-state index < -0.39 is 0 Å². The summed E-state index contributed by atoms with van der Waals surface area (Å²) in [6.07, 6.45) is 11.1. The zero-order valence-corrected chi connectivity index (χ0v) is 16.2. The van der Waals surface area contributed by atoms with E-state index in [4.69, 9.17) is 0 Å². The molecule has 0 aliphatic rings. The van der Waals surface area contributed by atoms with E-state index in [2.05, 4.69) is 48.3 Å². The summed E-state index contributed by atoms with van der Waals surface area (Å²) >= 11 is 0. The van der Waals surface area contributed by atoms with Crippen molar-refractivity contribution in [1.29, 1.82) is 0 Å². The van der Waals surface area contributed by atoms with Gasteiger partial charge in [0.25, 0.3) is 0 Å². The van der Waals surface area contributed by atoms with Crippen LogP contribution in [0.5, 0.6) is 5.75 Å². The van der Waals surface area contributed by atoms with Gasteiger partial charge >= 0.3 is 0 Å². The van der Waals surface area contributed by atoms with Crippen molar-refractivity contribution in [2.75, 3.05) is 0 Å². The summed E-state index contributed by atoms with van der Waals surface area (Å²) in [5.74, 6) is 0.292. The van der Waals surface area contributed by atoms with Crippen molar-refractivity contribution < 1.29 is 5.11 Å². The normalized spacial score (nSPS) is 10.9. The molecule has 3 rings (SSSR count). The standard InChI is InChI=1S/C25H29NO/c1-2-3-4-5-6-7-8-20-9-18-25(26-19-20)23-12-10-21(11-13-23)22-14-16-24(27)17-15-22/h9-19,27H,2-8H2,1H3. The third kappa shape index (κ3) is 5.68. The number of phenolic OH excluding ortho intramolecular Hbond substituents is 1. The first-order valence-corrected chi connectivity index (χ1v) is 10.1. The highest BCUT2D eigenvalue weighted by Gasteiger charge is 2.03. The van der Waals surface area contributed by atoms with E-state index in [1.807, 2.05) is 18.3 Å². The summed E-state index contributed by atoms with van der Waals surface area (Å²) < 4.78 is 0. The molecule has 0 aliphatic carbocycles. The van der Waals surface area contributed by atoms with Gasteiger partial charge in [0.2, 0.25) is 0 Å². The van der Waals surface area contributed by atoms with Crippen molar-refractivity contribution in [2.24, 2.45) is 0 Å². The number of rotatable bonds is 9. The molecular weight excluding hydrogens is 330 g/mol. The summed E-state index contributed by atoms with van der Waals surface area (Å²) in [5, 5.41) is 9.41. The molecule has 27 heavy (non-hydrogen) atoms. The van der Waals surface area contributed by atoms with Gasteiger partial charge in [0.15, 0.2) is 0 Å². The van der Waals surface area contributed by atoms with Crippen LogP contribution in [0.2, 0.25) is 0 Å². The van der Waals surface area contributed by atoms with Crippen LogP contribution in [-0.4, -0.2) is 10.1 Å². The van der Waals surface area contributed by atoms with E-state index in [-0.39, 0.29) is 0 Å². The van der Waals surface area contributed by atoms with Crippen LogP contribution in [0.15, 0.2) is 66.9 Å². The molecule has 2 nitrogen and oxygen atoms in total. The maximum Gasteiger partial charge on any atom is 0.115 e. The SMILES string of the molecule is CCCCCCCCc1ccc(-c2ccc(-c3ccc(O)cc3)cc2)nc1. The lowest BCUT2D eigenvalue weighted by atomic mass is 10.0. The Balaban J connectivity index is 1.56. The van der Waals surface area contributed by atoms with Gasteiger partial charge in [0.1, 0.15) is 5.75 Å². The molecule has 0 saturated heterocycles. The zero-order valence-electron chi connectivity index (χ0n) is 16.2. The van der Waals surface area contributed by atoms with Crippen molar-refractivity contribution in [3.05, 3.63) is 72.4 Å². The van der Waals surface area contributed by atoms with Gasteiger partial charge in [-0.05, 0) is 47.7 Å². The van der Waals surface area contributed by atoms with Crippen molar-refractivity contribution >= 4 is 0 Å². The van der Waals surface area contributed by atoms with E-state index in [9.17, 15) is 5.11 Å². The fourth-order valence-electron chi connectivity index (χ4n) is 3.34. The number of aromatic hydroxyl groups is 1. The number of benzene rings is 2. The molecule has 0 saturated carbocycles. The van der Waals surface area contributed by atoms with Crippen molar-refractivity contribution in [3.63, 3.8) is 0 Å². The van der Waals surface area contributed by atoms with Crippen LogP contribution in [-0.2, 0) is 6.42 Å². The van der Waals surface area contributed by atoms with Gasteiger partial charge in [0, 0.05) is 11.8 Å². The lowest BCUT2D eigenvalue weighted by molar-refractivity contribution is 0.475. The lowest BCUT2D eigenvalue weighted by Crippen LogP contribution is -1.90. The highest BCUT2D eigenvalue weighted by atomic mass is 16.3. The number of aryl methyl sites for hydroxylation is 1. The second kappa shape index (κ2) is 9.91. The summed E-state index contributed by atoms with van der Waals surface area (Å²) in [6, 6.07) is 20.1. The third-order valence-corrected chi connectivity index (χ3v) is 5.03. The molecule has 0 atom stereocenters. The largest absolute Gasteiger partial charge is 0.508 e. The number of pyridine rings is 1. The van der Waals surface area contributed by atoms with Crippen molar-refractivity contribution in [1.82, 2.24) is 4.98 Å². The van der Waals surface area contributed by atoms with Gasteiger partial charge in [-0.2, -0.15) is 0 Å². The maximum atomic E-state index is 9.41. The van der Waals surface area contributed by atoms with E-state index in [0.717, 1.165) is 28.8 Å². The minimum Gasteiger partial charge on any atom is -0.508 e. The molecule has 0 spiro atoms.